The summed E-state index contributed by atoms with van der Waals surface area (Å²) in [5.74, 6) is -14.8. The van der Waals surface area contributed by atoms with Gasteiger partial charge in [-0.25, -0.2) is 9.59 Å². The summed E-state index contributed by atoms with van der Waals surface area (Å²) in [6.45, 7) is -2.88. The van der Waals surface area contributed by atoms with Gasteiger partial charge in [-0.2, -0.15) is 0 Å². The highest BCUT2D eigenvalue weighted by Gasteiger charge is 2.63. The number of ether oxygens (including phenoxy) is 12. The van der Waals surface area contributed by atoms with Gasteiger partial charge in [-0.15, -0.1) is 0 Å². The summed E-state index contributed by atoms with van der Waals surface area (Å²) in [4.78, 5) is 79.5. The summed E-state index contributed by atoms with van der Waals surface area (Å²) in [5, 5.41) is 224. The van der Waals surface area contributed by atoms with E-state index in [1.54, 1.807) is 0 Å². The summed E-state index contributed by atoms with van der Waals surface area (Å²) >= 11 is 0. The van der Waals surface area contributed by atoms with Crippen LogP contribution in [0.3, 0.4) is 0 Å². The van der Waals surface area contributed by atoms with Crippen molar-refractivity contribution in [2.45, 2.75) is 261 Å². The first-order chi connectivity index (χ1) is 47.2. The van der Waals surface area contributed by atoms with Crippen molar-refractivity contribution in [2.75, 3.05) is 52.8 Å². The van der Waals surface area contributed by atoms with Crippen LogP contribution in [0, 0.1) is 0 Å². The van der Waals surface area contributed by atoms with Gasteiger partial charge in [-0.1, -0.05) is 18.0 Å². The van der Waals surface area contributed by atoms with Crippen LogP contribution in [0.5, 0.6) is 0 Å². The molecule has 6 rings (SSSR count). The Morgan fingerprint density at radius 3 is 1.37 bits per heavy atom. The Morgan fingerprint density at radius 2 is 0.910 bits per heavy atom. The van der Waals surface area contributed by atoms with Crippen molar-refractivity contribution in [2.24, 2.45) is 5.11 Å². The number of rotatable bonds is 34. The molecule has 0 aromatic heterocycles. The SMILES string of the molecule is CC(=O)N[C@H]1[C@H](OCCCCCCN=[N+]=[N-])O[C@H](CO)[C@@H](O[C@@H]2O[C@H](CO)[C@H](O)[C@H](O[C@@H]3O[C@H](CO)[C@@H](O[C@@H]4O[C@H](CO)[C@H](O)[C@H](O[C@]5(C(=O)O)C[C@H](O)[C@@H](NC(C)=O)[C@H]([C@@H](O)[C@@H](CO)O[C@]6(C(=O)O)C[C@H](O)[C@@H](NC(C)=O)[C@H]([C@H](O)[C@H](O)CO)O6)O5)[C@H]4O)[C@H](O)[C@H]3NC(C)=O)[C@H]2O)[C@@H]1O. The van der Waals surface area contributed by atoms with Crippen LogP contribution in [0.2, 0.25) is 0 Å². The van der Waals surface area contributed by atoms with Gasteiger partial charge in [-0.3, -0.25) is 19.2 Å². The van der Waals surface area contributed by atoms with Gasteiger partial charge in [0.15, 0.2) is 25.2 Å². The standard InChI is InChI=1S/C56H93N7O37/c1-19(70)59-31-23(74)11-55(53(85)86,98-45(31)35(77)25(76)13-64)97-28(16-67)38(80)46-32(60-20(2)71)24(75)12-56(99-46,54(87)88)100-48-37(79)27(15-66)91-52(42(48)84)95-44-30(18-69)93-50(34(40(44)82)62-22(4)73)96-47-36(78)26(14-65)90-51(41(47)83)94-43-29(17-68)92-49(33(39(43)81)61-21(3)72)89-10-8-6-5-7-9-58-63-57/h23-52,64-69,74-84H,5-18H2,1-4H3,(H,59,70)(H,60,71)(H,61,72)(H,62,73)(H,85,86)(H,87,88)/t23-,24-,25+,26+,27+,28+,29+,30+,31+,32+,33+,34+,35+,36-,37-,38-,39+,40+,41+,42+,43+,44+,45+,46+,47-,48-,49+,50-,51-,52-,55+,56-/m0/s1. The molecule has 0 saturated carbocycles. The zero-order valence-corrected chi connectivity index (χ0v) is 54.4. The second kappa shape index (κ2) is 37.6. The summed E-state index contributed by atoms with van der Waals surface area (Å²) in [6.07, 6.45) is -55.6. The molecule has 574 valence electrons. The lowest BCUT2D eigenvalue weighted by Crippen LogP contribution is -2.72. The molecule has 0 aliphatic carbocycles. The normalized spacial score (nSPS) is 40.5. The second-order valence-corrected chi connectivity index (χ2v) is 24.8. The van der Waals surface area contributed by atoms with E-state index in [0.29, 0.717) is 25.7 Å². The fourth-order valence-electron chi connectivity index (χ4n) is 12.5. The van der Waals surface area contributed by atoms with E-state index in [1.165, 1.54) is 0 Å². The molecule has 0 bridgehead atoms. The van der Waals surface area contributed by atoms with E-state index >= 15 is 0 Å². The number of aliphatic carboxylic acids is 2. The maximum atomic E-state index is 13.6. The predicted octanol–water partition coefficient (Wildman–Crippen LogP) is -12.2. The molecule has 44 nitrogen and oxygen atoms in total. The number of aliphatic hydroxyl groups excluding tert-OH is 17. The van der Waals surface area contributed by atoms with Gasteiger partial charge in [0.1, 0.15) is 134 Å². The third kappa shape index (κ3) is 19.9. The number of hydrogen-bond donors (Lipinski definition) is 23. The molecular formula is C56H93N7O37. The number of amides is 4. The van der Waals surface area contributed by atoms with Gasteiger partial charge < -0.3 is 175 Å². The van der Waals surface area contributed by atoms with Crippen molar-refractivity contribution in [1.82, 2.24) is 21.3 Å². The first-order valence-corrected chi connectivity index (χ1v) is 31.8. The van der Waals surface area contributed by atoms with Crippen LogP contribution >= 0.6 is 0 Å². The van der Waals surface area contributed by atoms with Gasteiger partial charge in [0.2, 0.25) is 23.6 Å². The number of carbonyl (C=O) groups excluding carboxylic acids is 4. The average Bonchev–Trinajstić information content (AvgIpc) is 0.818. The fraction of sp³-hybridized carbons (Fsp3) is 0.893. The smallest absolute Gasteiger partial charge is 0.364 e. The fourth-order valence-corrected chi connectivity index (χ4v) is 12.5. The van der Waals surface area contributed by atoms with E-state index in [9.17, 15) is 126 Å². The molecule has 4 amide bonds. The molecule has 0 aromatic rings. The van der Waals surface area contributed by atoms with Crippen molar-refractivity contribution in [3.8, 4) is 0 Å². The van der Waals surface area contributed by atoms with Crippen molar-refractivity contribution in [3.63, 3.8) is 0 Å². The van der Waals surface area contributed by atoms with E-state index in [4.69, 9.17) is 62.4 Å². The van der Waals surface area contributed by atoms with Crippen LogP contribution in [-0.2, 0) is 85.6 Å². The molecule has 44 heteroatoms. The molecule has 6 saturated heterocycles. The molecule has 23 N–H and O–H groups in total. The van der Waals surface area contributed by atoms with Crippen molar-refractivity contribution < 1.29 is 183 Å². The van der Waals surface area contributed by atoms with Gasteiger partial charge in [-0.05, 0) is 18.4 Å². The number of unbranched alkanes of at least 4 members (excludes halogenated alkanes) is 3. The minimum absolute atomic E-state index is 0.0308. The molecule has 0 aromatic carbocycles. The van der Waals surface area contributed by atoms with Crippen LogP contribution in [0.4, 0.5) is 0 Å². The largest absolute Gasteiger partial charge is 0.477 e. The third-order valence-electron chi connectivity index (χ3n) is 17.5. The van der Waals surface area contributed by atoms with Crippen molar-refractivity contribution >= 4 is 35.6 Å². The Labute approximate surface area is 568 Å². The Balaban J connectivity index is 1.25. The summed E-state index contributed by atoms with van der Waals surface area (Å²) in [5.41, 5.74) is 8.50. The van der Waals surface area contributed by atoms with E-state index in [1.807, 2.05) is 0 Å². The van der Waals surface area contributed by atoms with Crippen molar-refractivity contribution in [3.05, 3.63) is 10.4 Å². The first kappa shape index (κ1) is 83.9. The number of carboxylic acids is 2. The van der Waals surface area contributed by atoms with Crippen LogP contribution in [0.15, 0.2) is 5.11 Å². The number of azide groups is 1. The summed E-state index contributed by atoms with van der Waals surface area (Å²) < 4.78 is 69.9. The number of nitrogens with zero attached hydrogens (tertiary/aromatic N) is 3. The van der Waals surface area contributed by atoms with Crippen LogP contribution in [0.1, 0.15) is 66.2 Å². The Kier molecular flexibility index (Phi) is 31.6. The number of carboxylic acid groups (broad SMARTS) is 2. The highest BCUT2D eigenvalue weighted by molar-refractivity contribution is 5.78. The summed E-state index contributed by atoms with van der Waals surface area (Å²) in [6, 6.07) is -7.09. The lowest BCUT2D eigenvalue weighted by atomic mass is 9.87. The molecule has 6 aliphatic rings. The van der Waals surface area contributed by atoms with E-state index in [0.717, 1.165) is 27.7 Å². The summed E-state index contributed by atoms with van der Waals surface area (Å²) in [7, 11) is 0. The lowest BCUT2D eigenvalue weighted by Gasteiger charge is -2.52. The number of carbonyl (C=O) groups is 6. The molecule has 0 radical (unpaired) electrons. The molecule has 0 spiro atoms. The molecule has 6 aliphatic heterocycles. The Morgan fingerprint density at radius 1 is 0.500 bits per heavy atom. The topological polar surface area (TPSA) is 694 Å². The van der Waals surface area contributed by atoms with Gasteiger partial charge in [0.25, 0.3) is 11.6 Å². The van der Waals surface area contributed by atoms with Crippen molar-refractivity contribution in [1.29, 1.82) is 0 Å². The third-order valence-corrected chi connectivity index (χ3v) is 17.5. The van der Waals surface area contributed by atoms with Crippen LogP contribution in [-0.4, -0.2) is 381 Å². The molecule has 32 atom stereocenters. The number of aliphatic hydroxyl groups is 17. The highest BCUT2D eigenvalue weighted by Crippen LogP contribution is 2.42. The Bertz CT molecular complexity index is 2720. The highest BCUT2D eigenvalue weighted by atomic mass is 16.8. The zero-order valence-electron chi connectivity index (χ0n) is 54.4. The minimum atomic E-state index is -3.49. The monoisotopic (exact) mass is 1460 g/mol. The predicted molar refractivity (Wildman–Crippen MR) is 316 cm³/mol. The molecule has 6 heterocycles. The van der Waals surface area contributed by atoms with Gasteiger partial charge in [0.05, 0.1) is 63.9 Å². The zero-order chi connectivity index (χ0) is 74.4. The second-order valence-electron chi connectivity index (χ2n) is 24.8. The maximum Gasteiger partial charge on any atom is 0.364 e. The maximum absolute atomic E-state index is 13.6. The van der Waals surface area contributed by atoms with E-state index in [2.05, 4.69) is 31.3 Å². The first-order valence-electron chi connectivity index (χ1n) is 31.8. The molecule has 100 heavy (non-hydrogen) atoms. The Hall–Kier alpha value is -5.03. The number of nitrogens with one attached hydrogen (secondary N) is 4. The van der Waals surface area contributed by atoms with Crippen LogP contribution in [0.25, 0.3) is 10.4 Å². The molecule has 6 fully saturated rings. The molecular weight excluding hydrogens is 1360 g/mol. The van der Waals surface area contributed by atoms with Gasteiger partial charge >= 0.3 is 11.9 Å². The van der Waals surface area contributed by atoms with Crippen LogP contribution < -0.4 is 21.3 Å². The van der Waals surface area contributed by atoms with E-state index in [-0.39, 0.29) is 13.2 Å². The van der Waals surface area contributed by atoms with Gasteiger partial charge in [0, 0.05) is 58.6 Å². The quantitative estimate of drug-likeness (QED) is 0.0123. The minimum Gasteiger partial charge on any atom is -0.477 e. The number of hydrogen-bond acceptors (Lipinski definition) is 36. The average molecular weight is 1460 g/mol. The van der Waals surface area contributed by atoms with E-state index < -0.39 is 283 Å². The lowest BCUT2D eigenvalue weighted by molar-refractivity contribution is -0.390. The molecule has 0 unspecified atom stereocenters.